The van der Waals surface area contributed by atoms with E-state index in [1.807, 2.05) is 19.9 Å². The second-order valence-corrected chi connectivity index (χ2v) is 4.63. The first kappa shape index (κ1) is 16.8. The molecule has 0 saturated carbocycles. The van der Waals surface area contributed by atoms with Crippen molar-refractivity contribution in [2.45, 2.75) is 53.1 Å². The molecule has 0 amide bonds. The van der Waals surface area contributed by atoms with Gasteiger partial charge in [0.25, 0.3) is 0 Å². The number of hydrogen-bond donors (Lipinski definition) is 1. The maximum Gasteiger partial charge on any atom is 0.306 e. The van der Waals surface area contributed by atoms with Crippen molar-refractivity contribution in [1.29, 1.82) is 0 Å². The lowest BCUT2D eigenvalue weighted by molar-refractivity contribution is -0.147. The minimum atomic E-state index is -1.44. The predicted molar refractivity (Wildman–Crippen MR) is 70.1 cm³/mol. The first-order chi connectivity index (χ1) is 8.27. The van der Waals surface area contributed by atoms with E-state index < -0.39 is 11.6 Å². The van der Waals surface area contributed by atoms with Crippen molar-refractivity contribution in [1.82, 2.24) is 0 Å². The fourth-order valence-corrected chi connectivity index (χ4v) is 1.64. The lowest BCUT2D eigenvalue weighted by atomic mass is 9.80. The largest absolute Gasteiger partial charge is 0.466 e. The monoisotopic (exact) mass is 256 g/mol. The van der Waals surface area contributed by atoms with Gasteiger partial charge in [0.05, 0.1) is 13.0 Å². The van der Waals surface area contributed by atoms with Gasteiger partial charge in [0.15, 0.2) is 5.78 Å². The molecule has 0 aliphatic rings. The molecule has 0 aromatic carbocycles. The molecule has 0 aliphatic carbocycles. The summed E-state index contributed by atoms with van der Waals surface area (Å²) in [5.41, 5.74) is -0.493. The van der Waals surface area contributed by atoms with Crippen molar-refractivity contribution in [3.63, 3.8) is 0 Å². The van der Waals surface area contributed by atoms with Crippen molar-refractivity contribution >= 4 is 11.8 Å². The number of allylic oxidation sites excluding steroid dienone is 1. The van der Waals surface area contributed by atoms with E-state index in [0.717, 1.165) is 5.57 Å². The summed E-state index contributed by atoms with van der Waals surface area (Å²) >= 11 is 0. The Kier molecular flexibility index (Phi) is 6.84. The summed E-state index contributed by atoms with van der Waals surface area (Å²) in [6.45, 7) is 9.06. The van der Waals surface area contributed by atoms with Crippen LogP contribution in [0.25, 0.3) is 0 Å². The highest BCUT2D eigenvalue weighted by molar-refractivity contribution is 5.89. The Balaban J connectivity index is 4.53. The van der Waals surface area contributed by atoms with Crippen LogP contribution < -0.4 is 0 Å². The zero-order valence-electron chi connectivity index (χ0n) is 11.9. The maximum absolute atomic E-state index is 12.0. The van der Waals surface area contributed by atoms with Crippen molar-refractivity contribution in [3.8, 4) is 0 Å². The van der Waals surface area contributed by atoms with Crippen LogP contribution in [-0.4, -0.2) is 29.1 Å². The van der Waals surface area contributed by atoms with Gasteiger partial charge >= 0.3 is 5.97 Å². The summed E-state index contributed by atoms with van der Waals surface area (Å²) < 4.78 is 4.75. The molecule has 0 fully saturated rings. The average Bonchev–Trinajstić information content (AvgIpc) is 2.34. The van der Waals surface area contributed by atoms with E-state index >= 15 is 0 Å². The Labute approximate surface area is 109 Å². The quantitative estimate of drug-likeness (QED) is 0.560. The second kappa shape index (κ2) is 7.31. The molecule has 0 heterocycles. The van der Waals surface area contributed by atoms with Gasteiger partial charge in [-0.2, -0.15) is 0 Å². The van der Waals surface area contributed by atoms with Crippen LogP contribution in [0.15, 0.2) is 11.6 Å². The topological polar surface area (TPSA) is 63.6 Å². The summed E-state index contributed by atoms with van der Waals surface area (Å²) in [4.78, 5) is 23.1. The van der Waals surface area contributed by atoms with E-state index in [0.29, 0.717) is 6.61 Å². The highest BCUT2D eigenvalue weighted by atomic mass is 16.5. The summed E-state index contributed by atoms with van der Waals surface area (Å²) in [6, 6.07) is 0. The minimum absolute atomic E-state index is 0.00711. The molecular formula is C14H24O4. The van der Waals surface area contributed by atoms with Crippen LogP contribution >= 0.6 is 0 Å². The van der Waals surface area contributed by atoms with E-state index in [2.05, 4.69) is 0 Å². The van der Waals surface area contributed by atoms with Gasteiger partial charge in [-0.15, -0.1) is 0 Å². The van der Waals surface area contributed by atoms with Crippen LogP contribution in [0, 0.1) is 5.92 Å². The number of esters is 1. The Morgan fingerprint density at radius 2 is 1.94 bits per heavy atom. The fraction of sp³-hybridized carbons (Fsp3) is 0.714. The summed E-state index contributed by atoms with van der Waals surface area (Å²) in [5.74, 6) is -1.00. The lowest BCUT2D eigenvalue weighted by Crippen LogP contribution is -2.42. The molecule has 0 saturated heterocycles. The van der Waals surface area contributed by atoms with Crippen LogP contribution in [0.5, 0.6) is 0 Å². The molecule has 1 N–H and O–H groups in total. The van der Waals surface area contributed by atoms with E-state index in [9.17, 15) is 14.7 Å². The molecule has 0 aromatic heterocycles. The van der Waals surface area contributed by atoms with Crippen LogP contribution in [0.2, 0.25) is 0 Å². The Hall–Kier alpha value is -1.16. The highest BCUT2D eigenvalue weighted by Gasteiger charge is 2.36. The molecule has 0 radical (unpaired) electrons. The van der Waals surface area contributed by atoms with E-state index in [-0.39, 0.29) is 24.5 Å². The molecule has 4 heteroatoms. The SMILES string of the molecule is C/C=C(\C)C(C)C(C)(O)C(=O)CCC(=O)OCC. The zero-order valence-corrected chi connectivity index (χ0v) is 11.9. The highest BCUT2D eigenvalue weighted by Crippen LogP contribution is 2.26. The summed E-state index contributed by atoms with van der Waals surface area (Å²) in [7, 11) is 0. The van der Waals surface area contributed by atoms with Gasteiger partial charge in [0.1, 0.15) is 5.60 Å². The van der Waals surface area contributed by atoms with Gasteiger partial charge in [-0.05, 0) is 27.7 Å². The molecule has 104 valence electrons. The Morgan fingerprint density at radius 3 is 2.39 bits per heavy atom. The minimum Gasteiger partial charge on any atom is -0.466 e. The third kappa shape index (κ3) is 4.61. The van der Waals surface area contributed by atoms with E-state index in [1.165, 1.54) is 6.92 Å². The van der Waals surface area contributed by atoms with Crippen LogP contribution in [0.4, 0.5) is 0 Å². The van der Waals surface area contributed by atoms with Crippen molar-refractivity contribution in [2.24, 2.45) is 5.92 Å². The third-order valence-corrected chi connectivity index (χ3v) is 3.41. The van der Waals surface area contributed by atoms with Gasteiger partial charge < -0.3 is 9.84 Å². The summed E-state index contributed by atoms with van der Waals surface area (Å²) in [6.07, 6.45) is 1.90. The van der Waals surface area contributed by atoms with Gasteiger partial charge in [-0.25, -0.2) is 0 Å². The van der Waals surface area contributed by atoms with Crippen LogP contribution in [0.1, 0.15) is 47.5 Å². The van der Waals surface area contributed by atoms with Crippen LogP contribution in [-0.2, 0) is 14.3 Å². The van der Waals surface area contributed by atoms with Crippen molar-refractivity contribution in [2.75, 3.05) is 6.61 Å². The first-order valence-electron chi connectivity index (χ1n) is 6.31. The number of hydrogen-bond acceptors (Lipinski definition) is 4. The Morgan fingerprint density at radius 1 is 1.39 bits per heavy atom. The molecule has 0 spiro atoms. The number of rotatable bonds is 7. The van der Waals surface area contributed by atoms with Gasteiger partial charge in [0, 0.05) is 12.3 Å². The van der Waals surface area contributed by atoms with Gasteiger partial charge in [0.2, 0.25) is 0 Å². The molecule has 0 rings (SSSR count). The normalized spacial score (nSPS) is 16.9. The molecular weight excluding hydrogens is 232 g/mol. The average molecular weight is 256 g/mol. The Bertz CT molecular complexity index is 329. The molecule has 0 aliphatic heterocycles. The first-order valence-corrected chi connectivity index (χ1v) is 6.31. The number of carbonyl (C=O) groups excluding carboxylic acids is 2. The van der Waals surface area contributed by atoms with Crippen molar-refractivity contribution < 1.29 is 19.4 Å². The van der Waals surface area contributed by atoms with Gasteiger partial charge in [-0.3, -0.25) is 9.59 Å². The molecule has 2 atom stereocenters. The smallest absolute Gasteiger partial charge is 0.306 e. The van der Waals surface area contributed by atoms with Crippen molar-refractivity contribution in [3.05, 3.63) is 11.6 Å². The number of carbonyl (C=O) groups is 2. The summed E-state index contributed by atoms with van der Waals surface area (Å²) in [5, 5.41) is 10.3. The molecule has 0 aromatic rings. The third-order valence-electron chi connectivity index (χ3n) is 3.41. The maximum atomic E-state index is 12.0. The van der Waals surface area contributed by atoms with E-state index in [4.69, 9.17) is 4.74 Å². The predicted octanol–water partition coefficient (Wildman–Crippen LogP) is 2.25. The number of ketones is 1. The standard InChI is InChI=1S/C14H24O4/c1-6-10(3)11(4)14(5,17)12(15)8-9-13(16)18-7-2/h6,11,17H,7-9H2,1-5H3/b10-6+. The molecule has 0 bridgehead atoms. The zero-order chi connectivity index (χ0) is 14.3. The van der Waals surface area contributed by atoms with Crippen LogP contribution in [0.3, 0.4) is 0 Å². The number of ether oxygens (including phenoxy) is 1. The fourth-order valence-electron chi connectivity index (χ4n) is 1.64. The number of aliphatic hydroxyl groups is 1. The number of Topliss-reactive ketones (excluding diaryl/α,β-unsaturated/α-hetero) is 1. The molecule has 18 heavy (non-hydrogen) atoms. The van der Waals surface area contributed by atoms with Gasteiger partial charge in [-0.1, -0.05) is 18.6 Å². The molecule has 2 unspecified atom stereocenters. The lowest BCUT2D eigenvalue weighted by Gasteiger charge is -2.29. The van der Waals surface area contributed by atoms with E-state index in [1.54, 1.807) is 13.8 Å². The molecule has 4 nitrogen and oxygen atoms in total. The second-order valence-electron chi connectivity index (χ2n) is 4.63.